The molecule has 0 bridgehead atoms. The maximum Gasteiger partial charge on any atom is 0.223 e. The van der Waals surface area contributed by atoms with Crippen molar-refractivity contribution in [1.29, 1.82) is 0 Å². The van der Waals surface area contributed by atoms with Gasteiger partial charge in [0.2, 0.25) is 5.91 Å². The number of carbonyl (C=O) groups is 1. The second-order valence-electron chi connectivity index (χ2n) is 2.57. The van der Waals surface area contributed by atoms with Gasteiger partial charge in [0.15, 0.2) is 0 Å². The van der Waals surface area contributed by atoms with Crippen LogP contribution >= 0.6 is 0 Å². The lowest BCUT2D eigenvalue weighted by atomic mass is 10.1. The van der Waals surface area contributed by atoms with Gasteiger partial charge in [-0.3, -0.25) is 4.79 Å². The molecular formula is C8H18N2O. The van der Waals surface area contributed by atoms with Crippen LogP contribution < -0.4 is 5.73 Å². The molecule has 0 spiro atoms. The Bertz CT molecular complexity index is 125. The Labute approximate surface area is 68.6 Å². The van der Waals surface area contributed by atoms with Crippen molar-refractivity contribution in [3.8, 4) is 0 Å². The molecule has 1 heterocycles. The van der Waals surface area contributed by atoms with Crippen molar-refractivity contribution in [2.24, 2.45) is 5.73 Å². The molecular weight excluding hydrogens is 140 g/mol. The second kappa shape index (κ2) is 5.13. The topological polar surface area (TPSA) is 46.3 Å². The fourth-order valence-electron chi connectivity index (χ4n) is 0.966. The molecule has 0 radical (unpaired) electrons. The van der Waals surface area contributed by atoms with E-state index in [1.807, 2.05) is 20.9 Å². The van der Waals surface area contributed by atoms with Gasteiger partial charge >= 0.3 is 0 Å². The van der Waals surface area contributed by atoms with E-state index in [0.29, 0.717) is 6.42 Å². The maximum absolute atomic E-state index is 10.9. The van der Waals surface area contributed by atoms with Crippen LogP contribution in [0.4, 0.5) is 0 Å². The summed E-state index contributed by atoms with van der Waals surface area (Å²) in [5.41, 5.74) is 5.54. The minimum absolute atomic E-state index is 0.105. The molecule has 1 fully saturated rings. The van der Waals surface area contributed by atoms with Crippen LogP contribution in [0.15, 0.2) is 0 Å². The van der Waals surface area contributed by atoms with Crippen molar-refractivity contribution < 1.29 is 4.79 Å². The van der Waals surface area contributed by atoms with Gasteiger partial charge in [0.05, 0.1) is 0 Å². The Morgan fingerprint density at radius 1 is 1.55 bits per heavy atom. The number of nitrogens with zero attached hydrogens (tertiary/aromatic N) is 1. The Kier molecular flexibility index (Phi) is 4.86. The molecule has 3 nitrogen and oxygen atoms in total. The number of likely N-dealkylation sites (tertiary alicyclic amines) is 1. The molecule has 1 unspecified atom stereocenters. The maximum atomic E-state index is 10.9. The molecule has 0 saturated carbocycles. The van der Waals surface area contributed by atoms with Gasteiger partial charge in [-0.1, -0.05) is 13.8 Å². The van der Waals surface area contributed by atoms with E-state index < -0.39 is 0 Å². The number of nitrogens with two attached hydrogens (primary N) is 1. The SMILES string of the molecule is CC.CN1CCC(N)CC1=O. The highest BCUT2D eigenvalue weighted by Gasteiger charge is 2.19. The molecule has 1 atom stereocenters. The van der Waals surface area contributed by atoms with Crippen LogP contribution in [-0.4, -0.2) is 30.4 Å². The highest BCUT2D eigenvalue weighted by molar-refractivity contribution is 5.77. The van der Waals surface area contributed by atoms with E-state index in [1.54, 1.807) is 4.90 Å². The van der Waals surface area contributed by atoms with Crippen LogP contribution in [0.1, 0.15) is 26.7 Å². The lowest BCUT2D eigenvalue weighted by molar-refractivity contribution is -0.132. The highest BCUT2D eigenvalue weighted by atomic mass is 16.2. The lowest BCUT2D eigenvalue weighted by Crippen LogP contribution is -2.41. The number of hydrogen-bond donors (Lipinski definition) is 1. The summed E-state index contributed by atoms with van der Waals surface area (Å²) >= 11 is 0. The fraction of sp³-hybridized carbons (Fsp3) is 0.875. The molecule has 66 valence electrons. The number of piperidine rings is 1. The number of amides is 1. The second-order valence-corrected chi connectivity index (χ2v) is 2.57. The van der Waals surface area contributed by atoms with Gasteiger partial charge in [0, 0.05) is 26.1 Å². The van der Waals surface area contributed by atoms with Gasteiger partial charge in [0.25, 0.3) is 0 Å². The van der Waals surface area contributed by atoms with E-state index in [-0.39, 0.29) is 11.9 Å². The van der Waals surface area contributed by atoms with Crippen LogP contribution in [0.2, 0.25) is 0 Å². The standard InChI is InChI=1S/C6H12N2O.C2H6/c1-8-3-2-5(7)4-6(8)9;1-2/h5H,2-4,7H2,1H3;1-2H3. The summed E-state index contributed by atoms with van der Waals surface area (Å²) in [4.78, 5) is 12.6. The summed E-state index contributed by atoms with van der Waals surface area (Å²) < 4.78 is 0. The molecule has 1 saturated heterocycles. The van der Waals surface area contributed by atoms with Gasteiger partial charge in [-0.25, -0.2) is 0 Å². The molecule has 3 heteroatoms. The molecule has 0 aromatic rings. The molecule has 1 amide bonds. The third-order valence-electron chi connectivity index (χ3n) is 1.70. The smallest absolute Gasteiger partial charge is 0.223 e. The quantitative estimate of drug-likeness (QED) is 0.561. The summed E-state index contributed by atoms with van der Waals surface area (Å²) in [6, 6.07) is 0.105. The van der Waals surface area contributed by atoms with Gasteiger partial charge in [0.1, 0.15) is 0 Å². The normalized spacial score (nSPS) is 24.2. The highest BCUT2D eigenvalue weighted by Crippen LogP contribution is 2.06. The molecule has 0 aromatic heterocycles. The number of rotatable bonds is 0. The summed E-state index contributed by atoms with van der Waals surface area (Å²) in [7, 11) is 1.81. The van der Waals surface area contributed by atoms with Crippen molar-refractivity contribution >= 4 is 5.91 Å². The Morgan fingerprint density at radius 2 is 2.09 bits per heavy atom. The fourth-order valence-corrected chi connectivity index (χ4v) is 0.966. The molecule has 0 aliphatic carbocycles. The third kappa shape index (κ3) is 3.37. The first-order valence-electron chi connectivity index (χ1n) is 4.19. The van der Waals surface area contributed by atoms with E-state index in [0.717, 1.165) is 13.0 Å². The van der Waals surface area contributed by atoms with E-state index in [2.05, 4.69) is 0 Å². The first-order valence-corrected chi connectivity index (χ1v) is 4.19. The Hall–Kier alpha value is -0.570. The summed E-state index contributed by atoms with van der Waals surface area (Å²) in [6.07, 6.45) is 1.47. The molecule has 2 N–H and O–H groups in total. The number of carbonyl (C=O) groups excluding carboxylic acids is 1. The van der Waals surface area contributed by atoms with Gasteiger partial charge < -0.3 is 10.6 Å². The zero-order valence-electron chi connectivity index (χ0n) is 7.63. The molecule has 11 heavy (non-hydrogen) atoms. The van der Waals surface area contributed by atoms with Gasteiger partial charge in [-0.15, -0.1) is 0 Å². The van der Waals surface area contributed by atoms with Gasteiger partial charge in [-0.05, 0) is 6.42 Å². The Balaban J connectivity index is 0.000000461. The van der Waals surface area contributed by atoms with E-state index >= 15 is 0 Å². The van der Waals surface area contributed by atoms with E-state index in [9.17, 15) is 4.79 Å². The summed E-state index contributed by atoms with van der Waals surface area (Å²) in [6.45, 7) is 4.82. The molecule has 0 aromatic carbocycles. The Morgan fingerprint density at radius 3 is 2.45 bits per heavy atom. The van der Waals surface area contributed by atoms with E-state index in [4.69, 9.17) is 5.73 Å². The molecule has 1 aliphatic heterocycles. The van der Waals surface area contributed by atoms with Crippen LogP contribution in [0.5, 0.6) is 0 Å². The van der Waals surface area contributed by atoms with Crippen LogP contribution in [0, 0.1) is 0 Å². The average molecular weight is 158 g/mol. The van der Waals surface area contributed by atoms with Crippen LogP contribution in [0.3, 0.4) is 0 Å². The van der Waals surface area contributed by atoms with Gasteiger partial charge in [-0.2, -0.15) is 0 Å². The average Bonchev–Trinajstić information content (AvgIpc) is 2.02. The lowest BCUT2D eigenvalue weighted by Gasteiger charge is -2.25. The largest absolute Gasteiger partial charge is 0.346 e. The zero-order valence-corrected chi connectivity index (χ0v) is 7.63. The molecule has 1 aliphatic rings. The van der Waals surface area contributed by atoms with Crippen molar-refractivity contribution in [3.05, 3.63) is 0 Å². The summed E-state index contributed by atoms with van der Waals surface area (Å²) in [5, 5.41) is 0. The van der Waals surface area contributed by atoms with Crippen molar-refractivity contribution in [3.63, 3.8) is 0 Å². The first-order chi connectivity index (χ1) is 5.20. The zero-order chi connectivity index (χ0) is 8.85. The predicted molar refractivity (Wildman–Crippen MR) is 46.2 cm³/mol. The monoisotopic (exact) mass is 158 g/mol. The van der Waals surface area contributed by atoms with Crippen LogP contribution in [0.25, 0.3) is 0 Å². The number of hydrogen-bond acceptors (Lipinski definition) is 2. The predicted octanol–water partition coefficient (Wildman–Crippen LogP) is 0.592. The van der Waals surface area contributed by atoms with E-state index in [1.165, 1.54) is 0 Å². The summed E-state index contributed by atoms with van der Waals surface area (Å²) in [5.74, 6) is 0.175. The molecule has 1 rings (SSSR count). The van der Waals surface area contributed by atoms with Crippen molar-refractivity contribution in [2.45, 2.75) is 32.7 Å². The van der Waals surface area contributed by atoms with Crippen molar-refractivity contribution in [1.82, 2.24) is 4.90 Å². The van der Waals surface area contributed by atoms with Crippen molar-refractivity contribution in [2.75, 3.05) is 13.6 Å². The first kappa shape index (κ1) is 10.4. The van der Waals surface area contributed by atoms with Crippen LogP contribution in [-0.2, 0) is 4.79 Å². The third-order valence-corrected chi connectivity index (χ3v) is 1.70. The minimum atomic E-state index is 0.105. The minimum Gasteiger partial charge on any atom is -0.346 e.